The molecule has 1 aliphatic rings. The number of hydrogen-bond donors (Lipinski definition) is 1. The van der Waals surface area contributed by atoms with Gasteiger partial charge >= 0.3 is 11.3 Å². The van der Waals surface area contributed by atoms with Crippen molar-refractivity contribution >= 4 is 22.9 Å². The quantitative estimate of drug-likeness (QED) is 0.569. The van der Waals surface area contributed by atoms with Crippen LogP contribution in [0.15, 0.2) is 0 Å². The molecule has 0 saturated carbocycles. The Kier molecular flexibility index (Phi) is 3.22. The fourth-order valence-electron chi connectivity index (χ4n) is 1.73. The number of amides is 1. The zero-order valence-corrected chi connectivity index (χ0v) is 10.5. The Morgan fingerprint density at radius 1 is 1.50 bits per heavy atom. The van der Waals surface area contributed by atoms with Crippen molar-refractivity contribution in [3.63, 3.8) is 0 Å². The van der Waals surface area contributed by atoms with E-state index in [1.165, 1.54) is 0 Å². The molecule has 1 rings (SSSR count). The van der Waals surface area contributed by atoms with Crippen molar-refractivity contribution in [2.75, 3.05) is 6.61 Å². The first-order valence-corrected chi connectivity index (χ1v) is 5.34. The van der Waals surface area contributed by atoms with Gasteiger partial charge in [-0.2, -0.15) is 0 Å². The highest BCUT2D eigenvalue weighted by atomic mass is 35.5. The van der Waals surface area contributed by atoms with Gasteiger partial charge < -0.3 is 9.84 Å². The Balaban J connectivity index is 3.15. The molecular weight excluding hydrogens is 234 g/mol. The number of hydrogen-bond acceptors (Lipinski definition) is 3. The van der Waals surface area contributed by atoms with Gasteiger partial charge in [0.2, 0.25) is 0 Å². The minimum atomic E-state index is -1.11. The van der Waals surface area contributed by atoms with Crippen LogP contribution in [0.5, 0.6) is 0 Å². The van der Waals surface area contributed by atoms with Gasteiger partial charge in [-0.3, -0.25) is 9.69 Å². The van der Waals surface area contributed by atoms with E-state index in [9.17, 15) is 9.59 Å². The lowest BCUT2D eigenvalue weighted by molar-refractivity contribution is -0.145. The molecule has 6 heteroatoms. The number of aliphatic carboxylic acids is 1. The summed E-state index contributed by atoms with van der Waals surface area (Å²) in [6, 6.07) is -1.02. The molecule has 1 N–H and O–H groups in total. The molecule has 1 heterocycles. The predicted molar refractivity (Wildman–Crippen MR) is 58.3 cm³/mol. The fraction of sp³-hybridized carbons (Fsp3) is 0.800. The monoisotopic (exact) mass is 249 g/mol. The van der Waals surface area contributed by atoms with Gasteiger partial charge in [0.25, 0.3) is 0 Å². The van der Waals surface area contributed by atoms with E-state index in [0.29, 0.717) is 0 Å². The molecular formula is C10H16ClNO4. The summed E-state index contributed by atoms with van der Waals surface area (Å²) >= 11 is 5.46. The van der Waals surface area contributed by atoms with E-state index in [1.54, 1.807) is 6.92 Å². The molecule has 5 nitrogen and oxygen atoms in total. The summed E-state index contributed by atoms with van der Waals surface area (Å²) in [5.74, 6) is -1.11. The molecule has 0 radical (unpaired) electrons. The predicted octanol–water partition coefficient (Wildman–Crippen LogP) is 1.89. The van der Waals surface area contributed by atoms with Crippen LogP contribution in [0.25, 0.3) is 0 Å². The van der Waals surface area contributed by atoms with Gasteiger partial charge in [-0.1, -0.05) is 20.8 Å². The maximum absolute atomic E-state index is 11.4. The van der Waals surface area contributed by atoms with E-state index in [1.807, 2.05) is 20.8 Å². The number of nitrogens with zero attached hydrogens (tertiary/aromatic N) is 1. The van der Waals surface area contributed by atoms with Gasteiger partial charge in [0.15, 0.2) is 6.04 Å². The molecule has 92 valence electrons. The van der Waals surface area contributed by atoms with Crippen LogP contribution >= 0.6 is 11.6 Å². The lowest BCUT2D eigenvalue weighted by Gasteiger charge is -2.43. The number of ether oxygens (including phenoxy) is 1. The molecule has 1 aliphatic heterocycles. The Morgan fingerprint density at radius 2 is 2.00 bits per heavy atom. The van der Waals surface area contributed by atoms with Crippen LogP contribution in [-0.2, 0) is 9.53 Å². The highest BCUT2D eigenvalue weighted by molar-refractivity contribution is 6.63. The van der Waals surface area contributed by atoms with Crippen molar-refractivity contribution in [3.05, 3.63) is 0 Å². The third-order valence-corrected chi connectivity index (χ3v) is 3.34. The molecule has 0 spiro atoms. The molecule has 0 bridgehead atoms. The molecule has 0 unspecified atom stereocenters. The van der Waals surface area contributed by atoms with Gasteiger partial charge in [-0.15, -0.1) is 0 Å². The zero-order valence-electron chi connectivity index (χ0n) is 9.78. The summed E-state index contributed by atoms with van der Waals surface area (Å²) in [5, 5.41) is 8.19. The second-order valence-electron chi connectivity index (χ2n) is 5.02. The highest BCUT2D eigenvalue weighted by Gasteiger charge is 2.55. The molecule has 0 aromatic carbocycles. The van der Waals surface area contributed by atoms with Crippen molar-refractivity contribution < 1.29 is 19.4 Å². The first kappa shape index (κ1) is 13.3. The van der Waals surface area contributed by atoms with Crippen LogP contribution in [0.3, 0.4) is 0 Å². The van der Waals surface area contributed by atoms with E-state index >= 15 is 0 Å². The van der Waals surface area contributed by atoms with Gasteiger partial charge in [0.1, 0.15) is 5.72 Å². The number of carbonyl (C=O) groups is 2. The lowest BCUT2D eigenvalue weighted by atomic mass is 9.83. The third-order valence-electron chi connectivity index (χ3n) is 3.16. The third kappa shape index (κ3) is 1.89. The van der Waals surface area contributed by atoms with Gasteiger partial charge in [0, 0.05) is 5.41 Å². The summed E-state index contributed by atoms with van der Waals surface area (Å²) in [5.41, 5.74) is -1.43. The molecule has 1 fully saturated rings. The van der Waals surface area contributed by atoms with E-state index in [2.05, 4.69) is 0 Å². The van der Waals surface area contributed by atoms with Crippen molar-refractivity contribution in [1.29, 1.82) is 0 Å². The topological polar surface area (TPSA) is 66.8 Å². The number of rotatable bonds is 1. The van der Waals surface area contributed by atoms with Crippen molar-refractivity contribution in [3.8, 4) is 0 Å². The summed E-state index contributed by atoms with van der Waals surface area (Å²) in [4.78, 5) is 23.5. The number of carbonyl (C=O) groups excluding carboxylic acids is 1. The average molecular weight is 250 g/mol. The minimum absolute atomic E-state index is 0.0401. The summed E-state index contributed by atoms with van der Waals surface area (Å²) in [6.07, 6.45) is 0. The van der Waals surface area contributed by atoms with Crippen molar-refractivity contribution in [2.45, 2.75) is 39.5 Å². The molecule has 1 amide bonds. The van der Waals surface area contributed by atoms with Crippen molar-refractivity contribution in [2.24, 2.45) is 5.41 Å². The van der Waals surface area contributed by atoms with E-state index < -0.39 is 28.5 Å². The van der Waals surface area contributed by atoms with E-state index in [-0.39, 0.29) is 6.61 Å². The molecule has 0 aromatic rings. The second kappa shape index (κ2) is 3.89. The Bertz CT molecular complexity index is 325. The second-order valence-corrected chi connectivity index (χ2v) is 5.34. The smallest absolute Gasteiger partial charge is 0.328 e. The molecule has 16 heavy (non-hydrogen) atoms. The standard InChI is InChI=1S/C10H16ClNO4/c1-9(2,3)10(4)12(8(11)15)6(5-16-10)7(13)14/h6H,5H2,1-4H3,(H,13,14)/t6-,10+/m0/s1. The van der Waals surface area contributed by atoms with Crippen LogP contribution < -0.4 is 0 Å². The zero-order chi connectivity index (χ0) is 12.7. The van der Waals surface area contributed by atoms with Crippen molar-refractivity contribution in [1.82, 2.24) is 4.90 Å². The Hall–Kier alpha value is -0.810. The van der Waals surface area contributed by atoms with Gasteiger partial charge in [-0.05, 0) is 18.5 Å². The first-order valence-electron chi connectivity index (χ1n) is 4.97. The summed E-state index contributed by atoms with van der Waals surface area (Å²) in [7, 11) is 0. The fourth-order valence-corrected chi connectivity index (χ4v) is 2.01. The maximum atomic E-state index is 11.4. The van der Waals surface area contributed by atoms with Gasteiger partial charge in [-0.25, -0.2) is 4.79 Å². The SMILES string of the molecule is CC(C)(C)[C@@]1(C)OC[C@@H](C(=O)O)N1C(=O)Cl. The maximum Gasteiger partial charge on any atom is 0.328 e. The minimum Gasteiger partial charge on any atom is -0.480 e. The Morgan fingerprint density at radius 3 is 2.31 bits per heavy atom. The molecule has 2 atom stereocenters. The number of halogens is 1. The summed E-state index contributed by atoms with van der Waals surface area (Å²) < 4.78 is 5.49. The molecule has 0 aliphatic carbocycles. The van der Waals surface area contributed by atoms with Crippen LogP contribution in [0.2, 0.25) is 0 Å². The highest BCUT2D eigenvalue weighted by Crippen LogP contribution is 2.42. The average Bonchev–Trinajstić information content (AvgIpc) is 2.42. The normalized spacial score (nSPS) is 30.6. The van der Waals surface area contributed by atoms with E-state index in [0.717, 1.165) is 4.90 Å². The van der Waals surface area contributed by atoms with Crippen LogP contribution in [0.1, 0.15) is 27.7 Å². The molecule has 1 saturated heterocycles. The largest absolute Gasteiger partial charge is 0.480 e. The van der Waals surface area contributed by atoms with Crippen LogP contribution in [0, 0.1) is 5.41 Å². The lowest BCUT2D eigenvalue weighted by Crippen LogP contribution is -2.56. The van der Waals surface area contributed by atoms with Gasteiger partial charge in [0.05, 0.1) is 6.61 Å². The first-order chi connectivity index (χ1) is 7.11. The van der Waals surface area contributed by atoms with Crippen LogP contribution in [-0.4, -0.2) is 39.7 Å². The number of carboxylic acid groups (broad SMARTS) is 1. The van der Waals surface area contributed by atoms with Crippen LogP contribution in [0.4, 0.5) is 4.79 Å². The molecule has 0 aromatic heterocycles. The van der Waals surface area contributed by atoms with E-state index in [4.69, 9.17) is 21.4 Å². The number of carboxylic acids is 1. The Labute approximate surface area is 99.3 Å². The summed E-state index contributed by atoms with van der Waals surface area (Å²) in [6.45, 7) is 7.23.